The number of hydrogen-bond acceptors (Lipinski definition) is 3. The molecule has 0 saturated carbocycles. The molecule has 1 fully saturated rings. The fourth-order valence-electron chi connectivity index (χ4n) is 1.52. The highest BCUT2D eigenvalue weighted by molar-refractivity contribution is 5.74. The van der Waals surface area contributed by atoms with Crippen molar-refractivity contribution >= 4 is 6.03 Å². The van der Waals surface area contributed by atoms with Crippen molar-refractivity contribution in [1.29, 1.82) is 0 Å². The average Bonchev–Trinajstić information content (AvgIpc) is 2.50. The molecule has 2 amide bonds. The Morgan fingerprint density at radius 3 is 2.79 bits per heavy atom. The van der Waals surface area contributed by atoms with Gasteiger partial charge in [-0.25, -0.2) is 4.79 Å². The lowest BCUT2D eigenvalue weighted by Gasteiger charge is -2.19. The molecule has 5 heteroatoms. The molecule has 0 spiro atoms. The molecule has 0 aromatic carbocycles. The Morgan fingerprint density at radius 2 is 2.21 bits per heavy atom. The van der Waals surface area contributed by atoms with Crippen LogP contribution in [-0.4, -0.2) is 44.4 Å². The van der Waals surface area contributed by atoms with E-state index in [0.29, 0.717) is 0 Å². The number of methoxy groups -OCH3 is 1. The van der Waals surface area contributed by atoms with Crippen LogP contribution in [0.25, 0.3) is 0 Å². The number of hydrogen-bond donors (Lipinski definition) is 3. The van der Waals surface area contributed by atoms with E-state index in [9.17, 15) is 4.79 Å². The van der Waals surface area contributed by atoms with E-state index in [2.05, 4.69) is 16.0 Å². The Hall–Kier alpha value is -0.810. The Labute approximate surface area is 84.6 Å². The van der Waals surface area contributed by atoms with E-state index in [4.69, 9.17) is 4.74 Å². The standard InChI is InChI=1S/C9H19N3O2/c1-6(2)11-9(13)12-7-4-10-5-8(7)14-3/h6-8,10H,4-5H2,1-3H3,(H2,11,12,13)/t7?,8-/m0/s1. The maximum absolute atomic E-state index is 11.4. The first kappa shape index (κ1) is 11.3. The number of urea groups is 1. The Kier molecular flexibility index (Phi) is 4.16. The normalized spacial score (nSPS) is 26.6. The SMILES string of the molecule is CO[C@H]1CNCC1NC(=O)NC(C)C. The summed E-state index contributed by atoms with van der Waals surface area (Å²) in [6.45, 7) is 5.42. The van der Waals surface area contributed by atoms with E-state index >= 15 is 0 Å². The van der Waals surface area contributed by atoms with Crippen LogP contribution in [0.15, 0.2) is 0 Å². The van der Waals surface area contributed by atoms with Gasteiger partial charge in [-0.05, 0) is 13.8 Å². The summed E-state index contributed by atoms with van der Waals surface area (Å²) in [7, 11) is 1.66. The van der Waals surface area contributed by atoms with Crippen molar-refractivity contribution in [2.45, 2.75) is 32.0 Å². The summed E-state index contributed by atoms with van der Waals surface area (Å²) in [5, 5.41) is 8.82. The van der Waals surface area contributed by atoms with Crippen LogP contribution in [-0.2, 0) is 4.74 Å². The lowest BCUT2D eigenvalue weighted by atomic mass is 10.2. The Morgan fingerprint density at radius 1 is 1.50 bits per heavy atom. The number of nitrogens with one attached hydrogen (secondary N) is 3. The fourth-order valence-corrected chi connectivity index (χ4v) is 1.52. The molecule has 0 aromatic heterocycles. The second-order valence-electron chi connectivity index (χ2n) is 3.81. The van der Waals surface area contributed by atoms with E-state index in [1.54, 1.807) is 7.11 Å². The van der Waals surface area contributed by atoms with E-state index in [1.165, 1.54) is 0 Å². The molecule has 5 nitrogen and oxygen atoms in total. The quantitative estimate of drug-likeness (QED) is 0.586. The van der Waals surface area contributed by atoms with Crippen LogP contribution < -0.4 is 16.0 Å². The van der Waals surface area contributed by atoms with Crippen molar-refractivity contribution in [2.24, 2.45) is 0 Å². The van der Waals surface area contributed by atoms with Crippen molar-refractivity contribution in [3.05, 3.63) is 0 Å². The number of carbonyl (C=O) groups is 1. The minimum Gasteiger partial charge on any atom is -0.378 e. The van der Waals surface area contributed by atoms with E-state index in [0.717, 1.165) is 13.1 Å². The number of rotatable bonds is 3. The average molecular weight is 201 g/mol. The predicted octanol–water partition coefficient (Wildman–Crippen LogP) is -0.319. The monoisotopic (exact) mass is 201 g/mol. The van der Waals surface area contributed by atoms with Gasteiger partial charge in [-0.1, -0.05) is 0 Å². The van der Waals surface area contributed by atoms with Gasteiger partial charge in [0.25, 0.3) is 0 Å². The zero-order chi connectivity index (χ0) is 10.6. The molecule has 1 saturated heterocycles. The summed E-state index contributed by atoms with van der Waals surface area (Å²) in [4.78, 5) is 11.4. The summed E-state index contributed by atoms with van der Waals surface area (Å²) in [5.74, 6) is 0. The van der Waals surface area contributed by atoms with Gasteiger partial charge in [0.05, 0.1) is 12.1 Å². The van der Waals surface area contributed by atoms with Crippen LogP contribution in [0.5, 0.6) is 0 Å². The molecule has 1 aliphatic heterocycles. The third kappa shape index (κ3) is 3.16. The van der Waals surface area contributed by atoms with Crippen LogP contribution in [0.4, 0.5) is 4.79 Å². The first-order valence-corrected chi connectivity index (χ1v) is 4.94. The molecule has 14 heavy (non-hydrogen) atoms. The lowest BCUT2D eigenvalue weighted by molar-refractivity contribution is 0.0982. The molecule has 0 radical (unpaired) electrons. The summed E-state index contributed by atoms with van der Waals surface area (Å²) in [6, 6.07) is 0.0971. The maximum atomic E-state index is 11.4. The van der Waals surface area contributed by atoms with Gasteiger partial charge in [-0.2, -0.15) is 0 Å². The van der Waals surface area contributed by atoms with E-state index in [-0.39, 0.29) is 24.2 Å². The highest BCUT2D eigenvalue weighted by Gasteiger charge is 2.27. The Balaban J connectivity index is 2.32. The second kappa shape index (κ2) is 5.17. The number of carbonyl (C=O) groups excluding carboxylic acids is 1. The highest BCUT2D eigenvalue weighted by Crippen LogP contribution is 2.03. The number of amides is 2. The topological polar surface area (TPSA) is 62.4 Å². The van der Waals surface area contributed by atoms with Crippen molar-refractivity contribution in [1.82, 2.24) is 16.0 Å². The predicted molar refractivity (Wildman–Crippen MR) is 54.3 cm³/mol. The minimum absolute atomic E-state index is 0.0683. The highest BCUT2D eigenvalue weighted by atomic mass is 16.5. The molecule has 3 N–H and O–H groups in total. The smallest absolute Gasteiger partial charge is 0.315 e. The van der Waals surface area contributed by atoms with Crippen molar-refractivity contribution in [3.8, 4) is 0 Å². The van der Waals surface area contributed by atoms with Crippen molar-refractivity contribution < 1.29 is 9.53 Å². The van der Waals surface area contributed by atoms with Crippen molar-refractivity contribution in [3.63, 3.8) is 0 Å². The van der Waals surface area contributed by atoms with Gasteiger partial charge < -0.3 is 20.7 Å². The van der Waals surface area contributed by atoms with Crippen LogP contribution in [0.1, 0.15) is 13.8 Å². The zero-order valence-electron chi connectivity index (χ0n) is 8.96. The molecule has 0 aliphatic carbocycles. The van der Waals surface area contributed by atoms with Gasteiger partial charge in [-0.15, -0.1) is 0 Å². The molecule has 1 aliphatic rings. The van der Waals surface area contributed by atoms with Gasteiger partial charge in [0, 0.05) is 26.2 Å². The third-order valence-electron chi connectivity index (χ3n) is 2.20. The Bertz CT molecular complexity index is 196. The fraction of sp³-hybridized carbons (Fsp3) is 0.889. The lowest BCUT2D eigenvalue weighted by Crippen LogP contribution is -2.49. The van der Waals surface area contributed by atoms with Gasteiger partial charge in [0.15, 0.2) is 0 Å². The summed E-state index contributed by atoms with van der Waals surface area (Å²) in [6.07, 6.45) is 0.0768. The molecule has 1 heterocycles. The first-order chi connectivity index (χ1) is 6.63. The molecule has 1 rings (SSSR count). The number of ether oxygens (including phenoxy) is 1. The van der Waals surface area contributed by atoms with Crippen LogP contribution in [0.2, 0.25) is 0 Å². The van der Waals surface area contributed by atoms with Gasteiger partial charge in [-0.3, -0.25) is 0 Å². The third-order valence-corrected chi connectivity index (χ3v) is 2.20. The first-order valence-electron chi connectivity index (χ1n) is 4.94. The molecular weight excluding hydrogens is 182 g/mol. The van der Waals surface area contributed by atoms with E-state index < -0.39 is 0 Å². The largest absolute Gasteiger partial charge is 0.378 e. The molecular formula is C9H19N3O2. The maximum Gasteiger partial charge on any atom is 0.315 e. The van der Waals surface area contributed by atoms with Crippen LogP contribution >= 0.6 is 0 Å². The van der Waals surface area contributed by atoms with Gasteiger partial charge in [0.2, 0.25) is 0 Å². The molecule has 0 aromatic rings. The zero-order valence-corrected chi connectivity index (χ0v) is 8.96. The molecule has 82 valence electrons. The van der Waals surface area contributed by atoms with Crippen molar-refractivity contribution in [2.75, 3.05) is 20.2 Å². The molecule has 2 atom stereocenters. The summed E-state index contributed by atoms with van der Waals surface area (Å²) >= 11 is 0. The summed E-state index contributed by atoms with van der Waals surface area (Å²) < 4.78 is 5.22. The molecule has 1 unspecified atom stereocenters. The van der Waals surface area contributed by atoms with Gasteiger partial charge >= 0.3 is 6.03 Å². The van der Waals surface area contributed by atoms with Crippen LogP contribution in [0, 0.1) is 0 Å². The van der Waals surface area contributed by atoms with E-state index in [1.807, 2.05) is 13.8 Å². The minimum atomic E-state index is -0.129. The van der Waals surface area contributed by atoms with Crippen LogP contribution in [0.3, 0.4) is 0 Å². The summed E-state index contributed by atoms with van der Waals surface area (Å²) in [5.41, 5.74) is 0. The van der Waals surface area contributed by atoms with Gasteiger partial charge in [0.1, 0.15) is 0 Å². The molecule has 0 bridgehead atoms. The second-order valence-corrected chi connectivity index (χ2v) is 3.81.